The second-order valence-corrected chi connectivity index (χ2v) is 5.26. The van der Waals surface area contributed by atoms with Gasteiger partial charge in [-0.15, -0.1) is 11.3 Å². The average Bonchev–Trinajstić information content (AvgIpc) is 2.62. The monoisotopic (exact) mass is 290 g/mol. The normalized spacial score (nSPS) is 10.6. The lowest BCUT2D eigenvalue weighted by molar-refractivity contribution is 0.0597. The Morgan fingerprint density at radius 1 is 1.29 bits per heavy atom. The number of benzene rings is 1. The van der Waals surface area contributed by atoms with Crippen LogP contribution in [0.4, 0.5) is 0 Å². The number of hydrogen-bond donors (Lipinski definition) is 0. The van der Waals surface area contributed by atoms with E-state index in [0.717, 1.165) is 10.1 Å². The van der Waals surface area contributed by atoms with Crippen molar-refractivity contribution in [3.8, 4) is 5.75 Å². The SMILES string of the molecule is COC(=O)c1cc2c(Cl)c(Cl)sc2cc1OC. The van der Waals surface area contributed by atoms with Crippen molar-refractivity contribution >= 4 is 50.6 Å². The first kappa shape index (κ1) is 12.5. The van der Waals surface area contributed by atoms with Gasteiger partial charge < -0.3 is 9.47 Å². The molecule has 1 aromatic heterocycles. The van der Waals surface area contributed by atoms with Crippen molar-refractivity contribution in [1.29, 1.82) is 0 Å². The molecule has 0 bridgehead atoms. The fraction of sp³-hybridized carbons (Fsp3) is 0.182. The van der Waals surface area contributed by atoms with Gasteiger partial charge in [0.15, 0.2) is 0 Å². The van der Waals surface area contributed by atoms with E-state index in [4.69, 9.17) is 27.9 Å². The third-order valence-corrected chi connectivity index (χ3v) is 4.28. The molecular weight excluding hydrogens is 283 g/mol. The van der Waals surface area contributed by atoms with Gasteiger partial charge >= 0.3 is 5.97 Å². The Morgan fingerprint density at radius 2 is 2.00 bits per heavy atom. The van der Waals surface area contributed by atoms with Crippen LogP contribution in [0.5, 0.6) is 5.75 Å². The standard InChI is InChI=1S/C11H8Cl2O3S/c1-15-7-4-8-6(9(12)10(13)17-8)3-5(7)11(14)16-2/h3-4H,1-2H3. The van der Waals surface area contributed by atoms with Crippen molar-refractivity contribution in [2.45, 2.75) is 0 Å². The highest BCUT2D eigenvalue weighted by molar-refractivity contribution is 7.23. The van der Waals surface area contributed by atoms with Crippen LogP contribution in [0.3, 0.4) is 0 Å². The van der Waals surface area contributed by atoms with E-state index < -0.39 is 5.97 Å². The Balaban J connectivity index is 2.74. The lowest BCUT2D eigenvalue weighted by Gasteiger charge is -2.06. The summed E-state index contributed by atoms with van der Waals surface area (Å²) in [6.45, 7) is 0. The fourth-order valence-electron chi connectivity index (χ4n) is 1.50. The molecule has 17 heavy (non-hydrogen) atoms. The summed E-state index contributed by atoms with van der Waals surface area (Å²) in [4.78, 5) is 11.6. The van der Waals surface area contributed by atoms with Gasteiger partial charge in [-0.05, 0) is 12.1 Å². The predicted octanol–water partition coefficient (Wildman–Crippen LogP) is 4.00. The molecule has 1 aromatic carbocycles. The first-order chi connectivity index (χ1) is 8.08. The smallest absolute Gasteiger partial charge is 0.341 e. The van der Waals surface area contributed by atoms with E-state index in [1.807, 2.05) is 0 Å². The zero-order valence-corrected chi connectivity index (χ0v) is 11.4. The van der Waals surface area contributed by atoms with Crippen LogP contribution in [0, 0.1) is 0 Å². The van der Waals surface area contributed by atoms with Crippen molar-refractivity contribution < 1.29 is 14.3 Å². The summed E-state index contributed by atoms with van der Waals surface area (Å²) < 4.78 is 11.2. The quantitative estimate of drug-likeness (QED) is 0.784. The Kier molecular flexibility index (Phi) is 3.47. The molecule has 0 atom stereocenters. The number of thiophene rings is 1. The van der Waals surface area contributed by atoms with Crippen LogP contribution in [0.2, 0.25) is 9.36 Å². The number of esters is 1. The molecule has 0 N–H and O–H groups in total. The van der Waals surface area contributed by atoms with Crippen LogP contribution in [0.15, 0.2) is 12.1 Å². The molecule has 0 saturated carbocycles. The zero-order valence-electron chi connectivity index (χ0n) is 9.04. The average molecular weight is 291 g/mol. The maximum absolute atomic E-state index is 11.6. The highest BCUT2D eigenvalue weighted by atomic mass is 35.5. The van der Waals surface area contributed by atoms with Crippen LogP contribution in [-0.2, 0) is 4.74 Å². The number of carbonyl (C=O) groups excluding carboxylic acids is 1. The minimum absolute atomic E-state index is 0.332. The van der Waals surface area contributed by atoms with E-state index >= 15 is 0 Å². The summed E-state index contributed by atoms with van der Waals surface area (Å²) in [5.74, 6) is -0.0268. The van der Waals surface area contributed by atoms with E-state index in [9.17, 15) is 4.79 Å². The number of carbonyl (C=O) groups is 1. The summed E-state index contributed by atoms with van der Waals surface area (Å²) in [5, 5.41) is 1.17. The van der Waals surface area contributed by atoms with Crippen LogP contribution in [-0.4, -0.2) is 20.2 Å². The molecule has 3 nitrogen and oxygen atoms in total. The number of methoxy groups -OCH3 is 2. The zero-order chi connectivity index (χ0) is 12.6. The molecule has 0 aliphatic carbocycles. The van der Waals surface area contributed by atoms with Crippen molar-refractivity contribution in [3.05, 3.63) is 27.1 Å². The van der Waals surface area contributed by atoms with Gasteiger partial charge in [0.05, 0.1) is 19.2 Å². The molecule has 0 amide bonds. The highest BCUT2D eigenvalue weighted by Gasteiger charge is 2.17. The molecule has 0 aliphatic rings. The van der Waals surface area contributed by atoms with Gasteiger partial charge in [-0.3, -0.25) is 0 Å². The molecule has 0 unspecified atom stereocenters. The second kappa shape index (κ2) is 4.72. The predicted molar refractivity (Wildman–Crippen MR) is 69.7 cm³/mol. The highest BCUT2D eigenvalue weighted by Crippen LogP contribution is 2.41. The van der Waals surface area contributed by atoms with Gasteiger partial charge in [-0.25, -0.2) is 4.79 Å². The summed E-state index contributed by atoms with van der Waals surface area (Å²) in [6.07, 6.45) is 0. The third-order valence-electron chi connectivity index (χ3n) is 2.32. The molecule has 0 radical (unpaired) electrons. The first-order valence-electron chi connectivity index (χ1n) is 4.62. The minimum atomic E-state index is -0.470. The topological polar surface area (TPSA) is 35.5 Å². The molecule has 1 heterocycles. The van der Waals surface area contributed by atoms with Gasteiger partial charge in [0.1, 0.15) is 15.6 Å². The maximum atomic E-state index is 11.6. The van der Waals surface area contributed by atoms with Crippen molar-refractivity contribution in [2.24, 2.45) is 0 Å². The Hall–Kier alpha value is -0.970. The molecule has 0 spiro atoms. The van der Waals surface area contributed by atoms with E-state index in [1.165, 1.54) is 25.6 Å². The van der Waals surface area contributed by atoms with Crippen LogP contribution >= 0.6 is 34.5 Å². The van der Waals surface area contributed by atoms with E-state index in [2.05, 4.69) is 4.74 Å². The molecule has 0 saturated heterocycles. The fourth-order valence-corrected chi connectivity index (χ4v) is 3.01. The van der Waals surface area contributed by atoms with Gasteiger partial charge in [-0.2, -0.15) is 0 Å². The van der Waals surface area contributed by atoms with E-state index in [1.54, 1.807) is 12.1 Å². The maximum Gasteiger partial charge on any atom is 0.341 e. The molecule has 2 rings (SSSR count). The van der Waals surface area contributed by atoms with Gasteiger partial charge in [-0.1, -0.05) is 23.2 Å². The summed E-state index contributed by atoms with van der Waals surface area (Å²) >= 11 is 13.3. The van der Waals surface area contributed by atoms with E-state index in [-0.39, 0.29) is 0 Å². The molecule has 2 aromatic rings. The minimum Gasteiger partial charge on any atom is -0.496 e. The Bertz CT molecular complexity index is 592. The first-order valence-corrected chi connectivity index (χ1v) is 6.19. The van der Waals surface area contributed by atoms with Gasteiger partial charge in [0, 0.05) is 10.1 Å². The molecule has 90 valence electrons. The Morgan fingerprint density at radius 3 is 2.59 bits per heavy atom. The number of hydrogen-bond acceptors (Lipinski definition) is 4. The third kappa shape index (κ3) is 2.08. The largest absolute Gasteiger partial charge is 0.496 e. The number of ether oxygens (including phenoxy) is 2. The summed E-state index contributed by atoms with van der Waals surface area (Å²) in [7, 11) is 2.80. The van der Waals surface area contributed by atoms with Crippen LogP contribution < -0.4 is 4.74 Å². The number of fused-ring (bicyclic) bond motifs is 1. The molecule has 6 heteroatoms. The molecular formula is C11H8Cl2O3S. The van der Waals surface area contributed by atoms with Gasteiger partial charge in [0.2, 0.25) is 0 Å². The lowest BCUT2D eigenvalue weighted by Crippen LogP contribution is -2.03. The molecule has 0 fully saturated rings. The van der Waals surface area contributed by atoms with Crippen molar-refractivity contribution in [1.82, 2.24) is 0 Å². The molecule has 0 aliphatic heterocycles. The number of halogens is 2. The van der Waals surface area contributed by atoms with E-state index in [0.29, 0.717) is 20.7 Å². The summed E-state index contributed by atoms with van der Waals surface area (Å²) in [6, 6.07) is 3.36. The second-order valence-electron chi connectivity index (χ2n) is 3.23. The summed E-state index contributed by atoms with van der Waals surface area (Å²) in [5.41, 5.74) is 0.332. The Labute approximate surface area is 112 Å². The van der Waals surface area contributed by atoms with Crippen molar-refractivity contribution in [2.75, 3.05) is 14.2 Å². The van der Waals surface area contributed by atoms with Crippen molar-refractivity contribution in [3.63, 3.8) is 0 Å². The van der Waals surface area contributed by atoms with Crippen LogP contribution in [0.1, 0.15) is 10.4 Å². The number of rotatable bonds is 2. The van der Waals surface area contributed by atoms with Crippen LogP contribution in [0.25, 0.3) is 10.1 Å². The lowest BCUT2D eigenvalue weighted by atomic mass is 10.1. The van der Waals surface area contributed by atoms with Gasteiger partial charge in [0.25, 0.3) is 0 Å².